The van der Waals surface area contributed by atoms with Gasteiger partial charge in [-0.2, -0.15) is 39.5 Å². The van der Waals surface area contributed by atoms with E-state index in [0.29, 0.717) is 6.42 Å². The van der Waals surface area contributed by atoms with E-state index < -0.39 is 42.0 Å². The van der Waals surface area contributed by atoms with Crippen molar-refractivity contribution in [1.29, 1.82) is 0 Å². The lowest BCUT2D eigenvalue weighted by atomic mass is 9.95. The number of rotatable bonds is 8. The van der Waals surface area contributed by atoms with E-state index >= 15 is 0 Å². The van der Waals surface area contributed by atoms with Crippen LogP contribution in [0.3, 0.4) is 0 Å². The van der Waals surface area contributed by atoms with Gasteiger partial charge in [-0.1, -0.05) is 19.1 Å². The van der Waals surface area contributed by atoms with E-state index in [1.807, 2.05) is 0 Å². The molecule has 0 fully saturated rings. The minimum absolute atomic E-state index is 0.0825. The Kier molecular flexibility index (Phi) is 6.49. The molecule has 0 aromatic heterocycles. The van der Waals surface area contributed by atoms with Crippen LogP contribution in [-0.2, 0) is 0 Å². The van der Waals surface area contributed by atoms with Gasteiger partial charge in [0.15, 0.2) is 0 Å². The number of hydrogen-bond acceptors (Lipinski definition) is 2. The molecule has 0 aliphatic rings. The zero-order valence-electron chi connectivity index (χ0n) is 13.3. The fourth-order valence-corrected chi connectivity index (χ4v) is 1.93. The molecule has 26 heavy (non-hydrogen) atoms. The zero-order valence-corrected chi connectivity index (χ0v) is 13.3. The minimum atomic E-state index is -6.98. The third-order valence-electron chi connectivity index (χ3n) is 3.38. The van der Waals surface area contributed by atoms with Crippen molar-refractivity contribution in [3.63, 3.8) is 0 Å². The molecule has 0 radical (unpaired) electrons. The second-order valence-electron chi connectivity index (χ2n) is 5.49. The molecule has 0 aliphatic heterocycles. The Bertz CT molecular complexity index is 599. The highest BCUT2D eigenvalue weighted by Crippen LogP contribution is 2.55. The first-order chi connectivity index (χ1) is 11.7. The van der Waals surface area contributed by atoms with Crippen LogP contribution in [0.2, 0.25) is 0 Å². The quantitative estimate of drug-likeness (QED) is 0.597. The number of ether oxygens (including phenoxy) is 1. The maximum atomic E-state index is 13.5. The van der Waals surface area contributed by atoms with Crippen LogP contribution in [0, 0.1) is 0 Å². The van der Waals surface area contributed by atoms with Gasteiger partial charge in [0.2, 0.25) is 0 Å². The number of halogens is 9. The summed E-state index contributed by atoms with van der Waals surface area (Å²) < 4.78 is 120. The number of alkyl halides is 9. The van der Waals surface area contributed by atoms with Gasteiger partial charge < -0.3 is 9.84 Å². The van der Waals surface area contributed by atoms with Crippen molar-refractivity contribution in [2.24, 2.45) is 0 Å². The maximum absolute atomic E-state index is 13.5. The van der Waals surface area contributed by atoms with Crippen molar-refractivity contribution in [3.05, 3.63) is 29.8 Å². The summed E-state index contributed by atoms with van der Waals surface area (Å²) in [5.41, 5.74) is -0.399. The van der Waals surface area contributed by atoms with Crippen LogP contribution in [0.4, 0.5) is 39.5 Å². The second-order valence-corrected chi connectivity index (χ2v) is 5.49. The summed E-state index contributed by atoms with van der Waals surface area (Å²) in [5, 5.41) is 9.64. The predicted molar refractivity (Wildman–Crippen MR) is 72.7 cm³/mol. The molecule has 150 valence electrons. The van der Waals surface area contributed by atoms with Crippen LogP contribution in [0.25, 0.3) is 0 Å². The van der Waals surface area contributed by atoms with Crippen molar-refractivity contribution < 1.29 is 49.4 Å². The van der Waals surface area contributed by atoms with Crippen molar-refractivity contribution in [2.45, 2.75) is 49.8 Å². The van der Waals surface area contributed by atoms with E-state index in [2.05, 4.69) is 0 Å². The van der Waals surface area contributed by atoms with Crippen molar-refractivity contribution in [3.8, 4) is 5.75 Å². The molecule has 0 aliphatic carbocycles. The molecule has 1 aromatic rings. The van der Waals surface area contributed by atoms with Crippen LogP contribution in [0.15, 0.2) is 24.3 Å². The molecule has 0 heterocycles. The maximum Gasteiger partial charge on any atom is 0.460 e. The average molecular weight is 398 g/mol. The Labute approximate surface area is 142 Å². The van der Waals surface area contributed by atoms with E-state index in [4.69, 9.17) is 4.74 Å². The topological polar surface area (TPSA) is 29.5 Å². The molecular formula is C15H15F9O2. The SMILES string of the molecule is CCCOc1cccc(C(O)CC(F)(F)C(F)(F)C(F)(F)C(F)(F)F)c1. The van der Waals surface area contributed by atoms with Crippen LogP contribution < -0.4 is 4.74 Å². The Hall–Kier alpha value is -1.65. The lowest BCUT2D eigenvalue weighted by Crippen LogP contribution is -2.61. The molecule has 1 unspecified atom stereocenters. The van der Waals surface area contributed by atoms with E-state index in [9.17, 15) is 44.6 Å². The van der Waals surface area contributed by atoms with Crippen molar-refractivity contribution >= 4 is 0 Å². The summed E-state index contributed by atoms with van der Waals surface area (Å²) in [4.78, 5) is 0. The standard InChI is InChI=1S/C15H15F9O2/c1-2-6-26-10-5-3-4-9(7-10)11(25)8-12(16,17)13(18,19)14(20,21)15(22,23)24/h3-5,7,11,25H,2,6,8H2,1H3. The first kappa shape index (κ1) is 22.4. The minimum Gasteiger partial charge on any atom is -0.494 e. The van der Waals surface area contributed by atoms with E-state index in [1.54, 1.807) is 6.92 Å². The molecule has 0 bridgehead atoms. The molecular weight excluding hydrogens is 383 g/mol. The van der Waals surface area contributed by atoms with E-state index in [-0.39, 0.29) is 12.4 Å². The smallest absolute Gasteiger partial charge is 0.460 e. The molecule has 2 nitrogen and oxygen atoms in total. The fraction of sp³-hybridized carbons (Fsp3) is 0.600. The normalized spacial score (nSPS) is 15.0. The summed E-state index contributed by atoms with van der Waals surface area (Å²) >= 11 is 0. The summed E-state index contributed by atoms with van der Waals surface area (Å²) in [5.74, 6) is -19.5. The van der Waals surface area contributed by atoms with Gasteiger partial charge in [0.25, 0.3) is 0 Å². The molecule has 0 spiro atoms. The summed E-state index contributed by atoms with van der Waals surface area (Å²) in [6.07, 6.45) is -11.1. The third-order valence-corrected chi connectivity index (χ3v) is 3.38. The zero-order chi connectivity index (χ0) is 20.4. The molecule has 1 aromatic carbocycles. The van der Waals surface area contributed by atoms with Gasteiger partial charge in [-0.15, -0.1) is 0 Å². The third kappa shape index (κ3) is 4.36. The van der Waals surface area contributed by atoms with Crippen LogP contribution in [0.1, 0.15) is 31.4 Å². The Morgan fingerprint density at radius 2 is 1.54 bits per heavy atom. The Morgan fingerprint density at radius 1 is 0.962 bits per heavy atom. The lowest BCUT2D eigenvalue weighted by Gasteiger charge is -2.34. The summed E-state index contributed by atoms with van der Waals surface area (Å²) in [7, 11) is 0. The van der Waals surface area contributed by atoms with E-state index in [1.165, 1.54) is 12.1 Å². The highest BCUT2D eigenvalue weighted by Gasteiger charge is 2.81. The summed E-state index contributed by atoms with van der Waals surface area (Å²) in [6, 6.07) is 4.58. The average Bonchev–Trinajstić information content (AvgIpc) is 2.51. The number of hydrogen-bond donors (Lipinski definition) is 1. The number of aliphatic hydroxyl groups excluding tert-OH is 1. The molecule has 1 rings (SSSR count). The van der Waals surface area contributed by atoms with Gasteiger partial charge in [-0.25, -0.2) is 0 Å². The van der Waals surface area contributed by atoms with Gasteiger partial charge in [0.05, 0.1) is 12.7 Å². The number of benzene rings is 1. The largest absolute Gasteiger partial charge is 0.494 e. The first-order valence-corrected chi connectivity index (χ1v) is 7.28. The lowest BCUT2D eigenvalue weighted by molar-refractivity contribution is -0.398. The molecule has 0 saturated heterocycles. The highest BCUT2D eigenvalue weighted by atomic mass is 19.4. The molecule has 11 heteroatoms. The Balaban J connectivity index is 3.05. The van der Waals surface area contributed by atoms with Gasteiger partial charge in [-0.05, 0) is 24.1 Å². The second kappa shape index (κ2) is 7.53. The Morgan fingerprint density at radius 3 is 2.04 bits per heavy atom. The van der Waals surface area contributed by atoms with Crippen molar-refractivity contribution in [1.82, 2.24) is 0 Å². The van der Waals surface area contributed by atoms with Crippen LogP contribution in [-0.4, -0.2) is 35.7 Å². The highest BCUT2D eigenvalue weighted by molar-refractivity contribution is 5.30. The molecule has 1 atom stereocenters. The van der Waals surface area contributed by atoms with Crippen LogP contribution in [0.5, 0.6) is 5.75 Å². The molecule has 0 amide bonds. The molecule has 1 N–H and O–H groups in total. The van der Waals surface area contributed by atoms with Gasteiger partial charge >= 0.3 is 23.9 Å². The molecule has 0 saturated carbocycles. The first-order valence-electron chi connectivity index (χ1n) is 7.28. The monoisotopic (exact) mass is 398 g/mol. The fourth-order valence-electron chi connectivity index (χ4n) is 1.93. The van der Waals surface area contributed by atoms with Gasteiger partial charge in [-0.3, -0.25) is 0 Å². The van der Waals surface area contributed by atoms with Crippen molar-refractivity contribution in [2.75, 3.05) is 6.61 Å². The predicted octanol–water partition coefficient (Wildman–Crippen LogP) is 5.37. The van der Waals surface area contributed by atoms with E-state index in [0.717, 1.165) is 12.1 Å². The van der Waals surface area contributed by atoms with Gasteiger partial charge in [0.1, 0.15) is 5.75 Å². The van der Waals surface area contributed by atoms with Crippen LogP contribution >= 0.6 is 0 Å². The van der Waals surface area contributed by atoms with Gasteiger partial charge in [0, 0.05) is 6.42 Å². The number of aliphatic hydroxyl groups is 1. The summed E-state index contributed by atoms with van der Waals surface area (Å²) in [6.45, 7) is 1.97.